The Kier molecular flexibility index (Phi) is 4.01. The second-order valence-electron chi connectivity index (χ2n) is 3.91. The molecule has 0 aliphatic carbocycles. The van der Waals surface area contributed by atoms with E-state index in [-0.39, 0.29) is 10.8 Å². The van der Waals surface area contributed by atoms with E-state index in [2.05, 4.69) is 21.2 Å². The molecule has 0 spiro atoms. The van der Waals surface area contributed by atoms with E-state index in [0.717, 1.165) is 16.9 Å². The smallest absolute Gasteiger partial charge is 0.348 e. The number of thiophene rings is 1. The number of carbonyl (C=O) groups is 2. The fourth-order valence-corrected chi connectivity index (χ4v) is 2.69. The molecule has 1 amide bonds. The van der Waals surface area contributed by atoms with Crippen LogP contribution >= 0.6 is 27.3 Å². The maximum atomic E-state index is 12.1. The van der Waals surface area contributed by atoms with Crippen LogP contribution in [0, 0.1) is 6.92 Å². The maximum Gasteiger partial charge on any atom is 0.348 e. The number of hydrogen-bond donors (Lipinski definition) is 2. The zero-order valence-electron chi connectivity index (χ0n) is 9.94. The number of anilines is 1. The van der Waals surface area contributed by atoms with E-state index in [1.165, 1.54) is 0 Å². The molecule has 2 aromatic rings. The molecule has 0 unspecified atom stereocenters. The summed E-state index contributed by atoms with van der Waals surface area (Å²) in [5, 5.41) is 13.2. The Labute approximate surface area is 122 Å². The molecule has 2 rings (SSSR count). The molecule has 1 aromatic carbocycles. The zero-order valence-corrected chi connectivity index (χ0v) is 12.3. The number of nitrogens with one attached hydrogen (secondary N) is 1. The number of hydrogen-bond acceptors (Lipinski definition) is 3. The molecule has 0 aliphatic rings. The summed E-state index contributed by atoms with van der Waals surface area (Å²) in [6.07, 6.45) is 0. The van der Waals surface area contributed by atoms with E-state index in [4.69, 9.17) is 5.11 Å². The van der Waals surface area contributed by atoms with Gasteiger partial charge in [-0.1, -0.05) is 11.6 Å². The minimum Gasteiger partial charge on any atom is -0.477 e. The Morgan fingerprint density at radius 1 is 1.32 bits per heavy atom. The van der Waals surface area contributed by atoms with Gasteiger partial charge in [-0.2, -0.15) is 0 Å². The number of aryl methyl sites for hydroxylation is 1. The summed E-state index contributed by atoms with van der Waals surface area (Å²) in [6.45, 7) is 1.89. The normalized spacial score (nSPS) is 10.2. The molecular formula is C13H10BrNO3S. The first-order valence-corrected chi connectivity index (χ1v) is 7.04. The van der Waals surface area contributed by atoms with Gasteiger partial charge >= 0.3 is 5.97 Å². The van der Waals surface area contributed by atoms with Crippen LogP contribution in [0.4, 0.5) is 5.69 Å². The van der Waals surface area contributed by atoms with Crippen molar-refractivity contribution < 1.29 is 14.7 Å². The van der Waals surface area contributed by atoms with Crippen molar-refractivity contribution in [2.75, 3.05) is 5.32 Å². The number of amides is 1. The standard InChI is InChI=1S/C13H10BrNO3S/c1-7-2-3-9(14)8(6-7)12(16)15-10-4-5-19-11(10)13(17)18/h2-6H,1H3,(H,15,16)(H,17,18). The molecule has 0 bridgehead atoms. The molecule has 0 radical (unpaired) electrons. The lowest BCUT2D eigenvalue weighted by atomic mass is 10.1. The molecule has 0 fully saturated rings. The molecule has 0 saturated heterocycles. The van der Waals surface area contributed by atoms with Crippen LogP contribution in [0.2, 0.25) is 0 Å². The number of benzene rings is 1. The lowest BCUT2D eigenvalue weighted by Crippen LogP contribution is -2.14. The molecule has 6 heteroatoms. The highest BCUT2D eigenvalue weighted by molar-refractivity contribution is 9.10. The molecule has 1 aromatic heterocycles. The third-order valence-electron chi connectivity index (χ3n) is 2.47. The highest BCUT2D eigenvalue weighted by Gasteiger charge is 2.16. The fraction of sp³-hybridized carbons (Fsp3) is 0.0769. The quantitative estimate of drug-likeness (QED) is 0.894. The minimum absolute atomic E-state index is 0.122. The summed E-state index contributed by atoms with van der Waals surface area (Å²) in [5.41, 5.74) is 1.75. The molecule has 0 atom stereocenters. The molecule has 0 saturated carbocycles. The van der Waals surface area contributed by atoms with Crippen LogP contribution in [0.15, 0.2) is 34.1 Å². The van der Waals surface area contributed by atoms with Crippen molar-refractivity contribution in [3.05, 3.63) is 50.1 Å². The van der Waals surface area contributed by atoms with Crippen LogP contribution in [0.3, 0.4) is 0 Å². The number of rotatable bonds is 3. The summed E-state index contributed by atoms with van der Waals surface area (Å²) in [6, 6.07) is 6.99. The van der Waals surface area contributed by atoms with Gasteiger partial charge in [-0.05, 0) is 46.4 Å². The summed E-state index contributed by atoms with van der Waals surface area (Å²) < 4.78 is 0.669. The summed E-state index contributed by atoms with van der Waals surface area (Å²) in [5.74, 6) is -1.38. The fourth-order valence-electron chi connectivity index (χ4n) is 1.58. The minimum atomic E-state index is -1.05. The lowest BCUT2D eigenvalue weighted by Gasteiger charge is -2.07. The number of carboxylic acid groups (broad SMARTS) is 1. The van der Waals surface area contributed by atoms with Gasteiger partial charge in [0.05, 0.1) is 11.3 Å². The second-order valence-corrected chi connectivity index (χ2v) is 5.68. The summed E-state index contributed by atoms with van der Waals surface area (Å²) in [7, 11) is 0. The maximum absolute atomic E-state index is 12.1. The van der Waals surface area contributed by atoms with Gasteiger partial charge in [0.1, 0.15) is 4.88 Å². The average Bonchev–Trinajstić information content (AvgIpc) is 2.80. The van der Waals surface area contributed by atoms with E-state index in [1.54, 1.807) is 23.6 Å². The van der Waals surface area contributed by atoms with Crippen molar-refractivity contribution in [2.45, 2.75) is 6.92 Å². The van der Waals surface area contributed by atoms with Gasteiger partial charge in [0.15, 0.2) is 0 Å². The number of aromatic carboxylic acids is 1. The highest BCUT2D eigenvalue weighted by Crippen LogP contribution is 2.24. The third-order valence-corrected chi connectivity index (χ3v) is 4.07. The Morgan fingerprint density at radius 2 is 2.05 bits per heavy atom. The predicted molar refractivity (Wildman–Crippen MR) is 78.1 cm³/mol. The molecule has 4 nitrogen and oxygen atoms in total. The summed E-state index contributed by atoms with van der Waals surface area (Å²) >= 11 is 4.38. The number of halogens is 1. The Bertz CT molecular complexity index is 651. The average molecular weight is 340 g/mol. The van der Waals surface area contributed by atoms with Gasteiger partial charge in [0, 0.05) is 4.47 Å². The monoisotopic (exact) mass is 339 g/mol. The van der Waals surface area contributed by atoms with E-state index < -0.39 is 5.97 Å². The van der Waals surface area contributed by atoms with Crippen LogP contribution in [0.25, 0.3) is 0 Å². The second kappa shape index (κ2) is 5.54. The van der Waals surface area contributed by atoms with Crippen LogP contribution in [-0.2, 0) is 0 Å². The Balaban J connectivity index is 2.28. The molecular weight excluding hydrogens is 330 g/mol. The van der Waals surface area contributed by atoms with Gasteiger partial charge in [-0.15, -0.1) is 11.3 Å². The van der Waals surface area contributed by atoms with Crippen LogP contribution in [-0.4, -0.2) is 17.0 Å². The van der Waals surface area contributed by atoms with Gasteiger partial charge in [0.2, 0.25) is 0 Å². The zero-order chi connectivity index (χ0) is 14.0. The van der Waals surface area contributed by atoms with Crippen molar-refractivity contribution in [1.29, 1.82) is 0 Å². The molecule has 2 N–H and O–H groups in total. The molecule has 1 heterocycles. The van der Waals surface area contributed by atoms with E-state index in [0.29, 0.717) is 15.7 Å². The van der Waals surface area contributed by atoms with Gasteiger partial charge in [-0.3, -0.25) is 4.79 Å². The van der Waals surface area contributed by atoms with Crippen molar-refractivity contribution in [3.63, 3.8) is 0 Å². The van der Waals surface area contributed by atoms with Crippen molar-refractivity contribution >= 4 is 44.8 Å². The first-order valence-electron chi connectivity index (χ1n) is 5.37. The first kappa shape index (κ1) is 13.8. The molecule has 98 valence electrons. The SMILES string of the molecule is Cc1ccc(Br)c(C(=O)Nc2ccsc2C(=O)O)c1. The lowest BCUT2D eigenvalue weighted by molar-refractivity contribution is 0.0703. The number of carbonyl (C=O) groups excluding carboxylic acids is 1. The first-order chi connectivity index (χ1) is 8.99. The van der Waals surface area contributed by atoms with Crippen molar-refractivity contribution in [1.82, 2.24) is 0 Å². The van der Waals surface area contributed by atoms with Crippen LogP contribution < -0.4 is 5.32 Å². The predicted octanol–water partition coefficient (Wildman–Crippen LogP) is 3.77. The van der Waals surface area contributed by atoms with Gasteiger partial charge in [-0.25, -0.2) is 4.79 Å². The van der Waals surface area contributed by atoms with Crippen molar-refractivity contribution in [3.8, 4) is 0 Å². The van der Waals surface area contributed by atoms with E-state index in [1.807, 2.05) is 13.0 Å². The summed E-state index contributed by atoms with van der Waals surface area (Å²) in [4.78, 5) is 23.2. The van der Waals surface area contributed by atoms with E-state index >= 15 is 0 Å². The highest BCUT2D eigenvalue weighted by atomic mass is 79.9. The molecule has 0 aliphatic heterocycles. The van der Waals surface area contributed by atoms with Gasteiger partial charge in [0.25, 0.3) is 5.91 Å². The van der Waals surface area contributed by atoms with Crippen LogP contribution in [0.5, 0.6) is 0 Å². The van der Waals surface area contributed by atoms with Crippen LogP contribution in [0.1, 0.15) is 25.6 Å². The van der Waals surface area contributed by atoms with Gasteiger partial charge < -0.3 is 10.4 Å². The van der Waals surface area contributed by atoms with Crippen molar-refractivity contribution in [2.24, 2.45) is 0 Å². The topological polar surface area (TPSA) is 66.4 Å². The largest absolute Gasteiger partial charge is 0.477 e. The molecule has 19 heavy (non-hydrogen) atoms. The Hall–Kier alpha value is -1.66. The number of carboxylic acids is 1. The Morgan fingerprint density at radius 3 is 2.74 bits per heavy atom. The third kappa shape index (κ3) is 3.02. The van der Waals surface area contributed by atoms with E-state index in [9.17, 15) is 9.59 Å².